The molecule has 0 saturated heterocycles. The maximum atomic E-state index is 12.5. The van der Waals surface area contributed by atoms with Crippen molar-refractivity contribution in [3.05, 3.63) is 41.0 Å². The topological polar surface area (TPSA) is 87.2 Å². The summed E-state index contributed by atoms with van der Waals surface area (Å²) < 4.78 is 6.01. The van der Waals surface area contributed by atoms with Gasteiger partial charge < -0.3 is 10.5 Å². The van der Waals surface area contributed by atoms with E-state index in [1.54, 1.807) is 25.3 Å². The van der Waals surface area contributed by atoms with Gasteiger partial charge in [0.1, 0.15) is 16.4 Å². The van der Waals surface area contributed by atoms with Crippen molar-refractivity contribution >= 4 is 29.5 Å². The molecule has 0 unspecified atom stereocenters. The van der Waals surface area contributed by atoms with Gasteiger partial charge in [-0.3, -0.25) is 4.79 Å². The van der Waals surface area contributed by atoms with Crippen LogP contribution in [0.1, 0.15) is 33.2 Å². The molecule has 0 fully saturated rings. The van der Waals surface area contributed by atoms with Gasteiger partial charge in [-0.05, 0) is 32.2 Å². The van der Waals surface area contributed by atoms with Gasteiger partial charge in [-0.1, -0.05) is 17.7 Å². The Morgan fingerprint density at radius 2 is 1.95 bits per heavy atom. The van der Waals surface area contributed by atoms with Crippen LogP contribution in [0.5, 0.6) is 0 Å². The molecule has 0 amide bonds. The SMILES string of the molecule is CCOC(=O)c1c(SC)nn(C(=O)c2ccc(C)cc2)c1N. The predicted octanol–water partition coefficient (Wildman–Crippen LogP) is 2.36. The Labute approximate surface area is 132 Å². The van der Waals surface area contributed by atoms with E-state index in [9.17, 15) is 9.59 Å². The average molecular weight is 319 g/mol. The van der Waals surface area contributed by atoms with Crippen molar-refractivity contribution in [2.45, 2.75) is 18.9 Å². The number of carbonyl (C=O) groups excluding carboxylic acids is 2. The summed E-state index contributed by atoms with van der Waals surface area (Å²) in [7, 11) is 0. The highest BCUT2D eigenvalue weighted by Crippen LogP contribution is 2.26. The van der Waals surface area contributed by atoms with Gasteiger partial charge in [0.2, 0.25) is 0 Å². The van der Waals surface area contributed by atoms with Crippen LogP contribution >= 0.6 is 11.8 Å². The van der Waals surface area contributed by atoms with Crippen LogP contribution in [-0.2, 0) is 4.74 Å². The third kappa shape index (κ3) is 2.99. The zero-order chi connectivity index (χ0) is 16.3. The summed E-state index contributed by atoms with van der Waals surface area (Å²) in [6, 6.07) is 7.05. The molecule has 116 valence electrons. The molecule has 1 heterocycles. The van der Waals surface area contributed by atoms with E-state index < -0.39 is 5.97 Å². The lowest BCUT2D eigenvalue weighted by Gasteiger charge is -2.04. The highest BCUT2D eigenvalue weighted by Gasteiger charge is 2.26. The fourth-order valence-electron chi connectivity index (χ4n) is 1.92. The first-order valence-corrected chi connectivity index (χ1v) is 7.93. The van der Waals surface area contributed by atoms with Crippen molar-refractivity contribution in [1.29, 1.82) is 0 Å². The molecule has 0 aliphatic heterocycles. The number of carbonyl (C=O) groups is 2. The average Bonchev–Trinajstić information content (AvgIpc) is 2.84. The lowest BCUT2D eigenvalue weighted by molar-refractivity contribution is 0.0523. The minimum absolute atomic E-state index is 0.00613. The number of anilines is 1. The number of nitrogen functional groups attached to an aromatic ring is 1. The number of benzene rings is 1. The summed E-state index contributed by atoms with van der Waals surface area (Å²) in [6.07, 6.45) is 1.76. The van der Waals surface area contributed by atoms with E-state index in [-0.39, 0.29) is 23.9 Å². The molecular weight excluding hydrogens is 302 g/mol. The van der Waals surface area contributed by atoms with Crippen molar-refractivity contribution in [3.63, 3.8) is 0 Å². The molecule has 0 aliphatic carbocycles. The van der Waals surface area contributed by atoms with E-state index in [0.29, 0.717) is 10.6 Å². The number of ether oxygens (including phenoxy) is 1. The first-order chi connectivity index (χ1) is 10.5. The number of aromatic nitrogens is 2. The smallest absolute Gasteiger partial charge is 0.344 e. The summed E-state index contributed by atoms with van der Waals surface area (Å²) in [5.41, 5.74) is 7.57. The highest BCUT2D eigenvalue weighted by atomic mass is 32.2. The van der Waals surface area contributed by atoms with Gasteiger partial charge in [0.15, 0.2) is 0 Å². The van der Waals surface area contributed by atoms with Crippen molar-refractivity contribution in [2.75, 3.05) is 18.6 Å². The molecule has 1 aromatic carbocycles. The van der Waals surface area contributed by atoms with Gasteiger partial charge in [0, 0.05) is 5.56 Å². The molecule has 2 rings (SSSR count). The summed E-state index contributed by atoms with van der Waals surface area (Å²) in [5, 5.41) is 4.51. The Kier molecular flexibility index (Phi) is 4.87. The van der Waals surface area contributed by atoms with Crippen LogP contribution in [0.3, 0.4) is 0 Å². The Balaban J connectivity index is 2.45. The maximum Gasteiger partial charge on any atom is 0.344 e. The van der Waals surface area contributed by atoms with E-state index >= 15 is 0 Å². The van der Waals surface area contributed by atoms with Gasteiger partial charge in [0.05, 0.1) is 6.61 Å². The molecule has 6 nitrogen and oxygen atoms in total. The van der Waals surface area contributed by atoms with Crippen LogP contribution in [0.15, 0.2) is 29.3 Å². The lowest BCUT2D eigenvalue weighted by Crippen LogP contribution is -2.17. The summed E-state index contributed by atoms with van der Waals surface area (Å²) in [4.78, 5) is 24.5. The van der Waals surface area contributed by atoms with E-state index in [0.717, 1.165) is 10.2 Å². The predicted molar refractivity (Wildman–Crippen MR) is 85.3 cm³/mol. The standard InChI is InChI=1S/C15H17N3O3S/c1-4-21-15(20)11-12(16)18(17-13(11)22-3)14(19)10-7-5-9(2)6-8-10/h5-8H,4,16H2,1-3H3. The molecule has 7 heteroatoms. The molecule has 22 heavy (non-hydrogen) atoms. The second kappa shape index (κ2) is 6.65. The Morgan fingerprint density at radius 3 is 2.50 bits per heavy atom. The number of hydrogen-bond donors (Lipinski definition) is 1. The van der Waals surface area contributed by atoms with Crippen LogP contribution in [0.25, 0.3) is 0 Å². The number of rotatable bonds is 4. The number of nitrogens with zero attached hydrogens (tertiary/aromatic N) is 2. The molecule has 0 saturated carbocycles. The maximum absolute atomic E-state index is 12.5. The van der Waals surface area contributed by atoms with E-state index in [4.69, 9.17) is 10.5 Å². The van der Waals surface area contributed by atoms with Gasteiger partial charge in [-0.2, -0.15) is 9.78 Å². The minimum Gasteiger partial charge on any atom is -0.462 e. The summed E-state index contributed by atoms with van der Waals surface area (Å²) in [5.74, 6) is -0.968. The monoisotopic (exact) mass is 319 g/mol. The Hall–Kier alpha value is -2.28. The number of hydrogen-bond acceptors (Lipinski definition) is 6. The second-order valence-corrected chi connectivity index (χ2v) is 5.37. The molecule has 0 atom stereocenters. The van der Waals surface area contributed by atoms with Crippen LogP contribution in [0, 0.1) is 6.92 Å². The fourth-order valence-corrected chi connectivity index (χ4v) is 2.48. The molecule has 1 aromatic heterocycles. The molecule has 0 bridgehead atoms. The molecule has 0 spiro atoms. The minimum atomic E-state index is -0.577. The summed E-state index contributed by atoms with van der Waals surface area (Å²) >= 11 is 1.23. The molecule has 0 aliphatic rings. The van der Waals surface area contributed by atoms with Crippen LogP contribution in [-0.4, -0.2) is 34.5 Å². The lowest BCUT2D eigenvalue weighted by atomic mass is 10.1. The number of thioether (sulfide) groups is 1. The Bertz CT molecular complexity index is 708. The first kappa shape index (κ1) is 16.1. The van der Waals surface area contributed by atoms with E-state index in [1.807, 2.05) is 19.1 Å². The molecule has 2 N–H and O–H groups in total. The third-order valence-corrected chi connectivity index (χ3v) is 3.73. The van der Waals surface area contributed by atoms with Crippen molar-refractivity contribution in [1.82, 2.24) is 9.78 Å². The highest BCUT2D eigenvalue weighted by molar-refractivity contribution is 7.98. The number of nitrogens with two attached hydrogens (primary N) is 1. The van der Waals surface area contributed by atoms with Crippen molar-refractivity contribution < 1.29 is 14.3 Å². The molecule has 2 aromatic rings. The number of esters is 1. The van der Waals surface area contributed by atoms with Crippen LogP contribution in [0.2, 0.25) is 0 Å². The largest absolute Gasteiger partial charge is 0.462 e. The van der Waals surface area contributed by atoms with Gasteiger partial charge >= 0.3 is 5.97 Å². The second-order valence-electron chi connectivity index (χ2n) is 4.57. The van der Waals surface area contributed by atoms with Crippen LogP contribution in [0.4, 0.5) is 5.82 Å². The van der Waals surface area contributed by atoms with Gasteiger partial charge in [-0.15, -0.1) is 11.8 Å². The first-order valence-electron chi connectivity index (χ1n) is 6.70. The quantitative estimate of drug-likeness (QED) is 0.687. The third-order valence-electron chi connectivity index (χ3n) is 3.05. The Morgan fingerprint density at radius 1 is 1.32 bits per heavy atom. The van der Waals surface area contributed by atoms with E-state index in [1.165, 1.54) is 11.8 Å². The summed E-state index contributed by atoms with van der Waals surface area (Å²) in [6.45, 7) is 3.86. The zero-order valence-corrected chi connectivity index (χ0v) is 13.4. The van der Waals surface area contributed by atoms with Gasteiger partial charge in [-0.25, -0.2) is 4.79 Å². The normalized spacial score (nSPS) is 10.5. The van der Waals surface area contributed by atoms with Gasteiger partial charge in [0.25, 0.3) is 5.91 Å². The van der Waals surface area contributed by atoms with E-state index in [2.05, 4.69) is 5.10 Å². The molecular formula is C15H17N3O3S. The van der Waals surface area contributed by atoms with Crippen LogP contribution < -0.4 is 5.73 Å². The molecule has 0 radical (unpaired) electrons. The number of aryl methyl sites for hydroxylation is 1. The van der Waals surface area contributed by atoms with Crippen molar-refractivity contribution in [3.8, 4) is 0 Å². The van der Waals surface area contributed by atoms with Crippen molar-refractivity contribution in [2.24, 2.45) is 0 Å². The fraction of sp³-hybridized carbons (Fsp3) is 0.267. The zero-order valence-electron chi connectivity index (χ0n) is 12.6.